The first-order chi connectivity index (χ1) is 11.6. The molecule has 1 fully saturated rings. The highest BCUT2D eigenvalue weighted by Gasteiger charge is 2.30. The second-order valence-corrected chi connectivity index (χ2v) is 7.62. The average molecular weight is 329 g/mol. The van der Waals surface area contributed by atoms with Crippen LogP contribution in [0.4, 0.5) is 0 Å². The van der Waals surface area contributed by atoms with Crippen LogP contribution in [0, 0.1) is 0 Å². The summed E-state index contributed by atoms with van der Waals surface area (Å²) >= 11 is 0. The Morgan fingerprint density at radius 3 is 2.54 bits per heavy atom. The molecule has 4 heteroatoms. The van der Waals surface area contributed by atoms with Crippen molar-refractivity contribution in [2.45, 2.75) is 52.1 Å². The normalized spacial score (nSPS) is 19.5. The Hall–Kier alpha value is -1.55. The summed E-state index contributed by atoms with van der Waals surface area (Å²) < 4.78 is 0. The molecular formula is C20H32N4. The first kappa shape index (κ1) is 17.3. The molecule has 0 saturated carbocycles. The quantitative estimate of drug-likeness (QED) is 0.681. The number of rotatable bonds is 4. The maximum atomic E-state index is 4.99. The fourth-order valence-electron chi connectivity index (χ4n) is 3.74. The number of benzene rings is 1. The van der Waals surface area contributed by atoms with Gasteiger partial charge < -0.3 is 10.2 Å². The Morgan fingerprint density at radius 2 is 1.83 bits per heavy atom. The number of nitrogens with zero attached hydrogens (tertiary/aromatic N) is 3. The minimum Gasteiger partial charge on any atom is -0.357 e. The average Bonchev–Trinajstić information content (AvgIpc) is 3.12. The molecule has 0 spiro atoms. The lowest BCUT2D eigenvalue weighted by molar-refractivity contribution is 0.111. The maximum absolute atomic E-state index is 4.99. The number of fused-ring (bicyclic) bond motifs is 1. The monoisotopic (exact) mass is 328 g/mol. The van der Waals surface area contributed by atoms with Gasteiger partial charge in [-0.05, 0) is 51.2 Å². The molecule has 1 saturated heterocycles. The lowest BCUT2D eigenvalue weighted by atomic mass is 9.94. The molecule has 0 unspecified atom stereocenters. The zero-order valence-corrected chi connectivity index (χ0v) is 15.5. The van der Waals surface area contributed by atoms with Gasteiger partial charge in [-0.1, -0.05) is 24.3 Å². The van der Waals surface area contributed by atoms with Crippen LogP contribution >= 0.6 is 0 Å². The molecule has 2 heterocycles. The molecule has 1 aromatic carbocycles. The van der Waals surface area contributed by atoms with E-state index in [-0.39, 0.29) is 5.54 Å². The van der Waals surface area contributed by atoms with Crippen LogP contribution in [0.2, 0.25) is 0 Å². The molecule has 1 N–H and O–H groups in total. The Kier molecular flexibility index (Phi) is 5.44. The zero-order valence-electron chi connectivity index (χ0n) is 15.5. The van der Waals surface area contributed by atoms with Gasteiger partial charge >= 0.3 is 0 Å². The van der Waals surface area contributed by atoms with Gasteiger partial charge in [0.1, 0.15) is 0 Å². The predicted octanol–water partition coefficient (Wildman–Crippen LogP) is 2.88. The van der Waals surface area contributed by atoms with Gasteiger partial charge in [0, 0.05) is 38.3 Å². The van der Waals surface area contributed by atoms with Crippen molar-refractivity contribution in [1.29, 1.82) is 0 Å². The highest BCUT2D eigenvalue weighted by atomic mass is 15.3. The molecular weight excluding hydrogens is 296 g/mol. The van der Waals surface area contributed by atoms with Crippen molar-refractivity contribution in [3.8, 4) is 0 Å². The number of likely N-dealkylation sites (tertiary alicyclic amines) is 1. The minimum atomic E-state index is 0.0773. The zero-order chi connectivity index (χ0) is 17.0. The van der Waals surface area contributed by atoms with Gasteiger partial charge in [-0.25, -0.2) is 0 Å². The summed E-state index contributed by atoms with van der Waals surface area (Å²) in [5.74, 6) is 1.10. The Morgan fingerprint density at radius 1 is 1.12 bits per heavy atom. The van der Waals surface area contributed by atoms with E-state index in [4.69, 9.17) is 4.99 Å². The fraction of sp³-hybridized carbons (Fsp3) is 0.650. The summed E-state index contributed by atoms with van der Waals surface area (Å²) in [4.78, 5) is 9.99. The SMILES string of the molecule is CCNC(=NCC(C)(C)N1CCc2ccccc2C1)N1CCCC1. The molecule has 0 radical (unpaired) electrons. The standard InChI is InChI=1S/C20H32N4/c1-4-21-19(23-12-7-8-13-23)22-16-20(2,3)24-14-11-17-9-5-6-10-18(17)15-24/h5-6,9-10H,4,7-8,11-16H2,1-3H3,(H,21,22). The first-order valence-electron chi connectivity index (χ1n) is 9.45. The third kappa shape index (κ3) is 3.92. The third-order valence-electron chi connectivity index (χ3n) is 5.34. The summed E-state index contributed by atoms with van der Waals surface area (Å²) in [5.41, 5.74) is 3.07. The van der Waals surface area contributed by atoms with E-state index in [1.165, 1.54) is 24.0 Å². The van der Waals surface area contributed by atoms with Crippen molar-refractivity contribution in [1.82, 2.24) is 15.1 Å². The van der Waals surface area contributed by atoms with Crippen LogP contribution in [0.15, 0.2) is 29.3 Å². The fourth-order valence-corrected chi connectivity index (χ4v) is 3.74. The van der Waals surface area contributed by atoms with Crippen LogP contribution in [-0.4, -0.2) is 54.0 Å². The molecule has 3 rings (SSSR count). The van der Waals surface area contributed by atoms with E-state index in [0.717, 1.165) is 51.6 Å². The van der Waals surface area contributed by atoms with Crippen LogP contribution in [0.1, 0.15) is 44.7 Å². The number of nitrogens with one attached hydrogen (secondary N) is 1. The summed E-state index contributed by atoms with van der Waals surface area (Å²) in [5, 5.41) is 3.47. The molecule has 0 bridgehead atoms. The molecule has 0 aromatic heterocycles. The predicted molar refractivity (Wildman–Crippen MR) is 101 cm³/mol. The molecule has 2 aliphatic heterocycles. The molecule has 0 atom stereocenters. The van der Waals surface area contributed by atoms with Crippen LogP contribution in [0.5, 0.6) is 0 Å². The third-order valence-corrected chi connectivity index (χ3v) is 5.34. The van der Waals surface area contributed by atoms with Gasteiger partial charge in [-0.3, -0.25) is 9.89 Å². The Balaban J connectivity index is 1.67. The van der Waals surface area contributed by atoms with Crippen molar-refractivity contribution in [2.24, 2.45) is 4.99 Å². The summed E-state index contributed by atoms with van der Waals surface area (Å²) in [6.07, 6.45) is 3.73. The highest BCUT2D eigenvalue weighted by molar-refractivity contribution is 5.80. The van der Waals surface area contributed by atoms with Gasteiger partial charge in [0.25, 0.3) is 0 Å². The van der Waals surface area contributed by atoms with Gasteiger partial charge in [0.2, 0.25) is 0 Å². The Labute approximate surface area is 146 Å². The van der Waals surface area contributed by atoms with Crippen molar-refractivity contribution in [3.63, 3.8) is 0 Å². The number of hydrogen-bond acceptors (Lipinski definition) is 2. The van der Waals surface area contributed by atoms with Gasteiger partial charge in [0.15, 0.2) is 5.96 Å². The van der Waals surface area contributed by atoms with Gasteiger partial charge in [0.05, 0.1) is 6.54 Å². The van der Waals surface area contributed by atoms with Crippen LogP contribution in [0.3, 0.4) is 0 Å². The summed E-state index contributed by atoms with van der Waals surface area (Å²) in [7, 11) is 0. The van der Waals surface area contributed by atoms with E-state index in [1.54, 1.807) is 0 Å². The second-order valence-electron chi connectivity index (χ2n) is 7.62. The van der Waals surface area contributed by atoms with Gasteiger partial charge in [-0.2, -0.15) is 0 Å². The van der Waals surface area contributed by atoms with Gasteiger partial charge in [-0.15, -0.1) is 0 Å². The molecule has 2 aliphatic rings. The number of hydrogen-bond donors (Lipinski definition) is 1. The molecule has 1 aromatic rings. The minimum absolute atomic E-state index is 0.0773. The smallest absolute Gasteiger partial charge is 0.193 e. The van der Waals surface area contributed by atoms with E-state index in [2.05, 4.69) is 60.2 Å². The first-order valence-corrected chi connectivity index (χ1v) is 9.45. The number of guanidine groups is 1. The van der Waals surface area contributed by atoms with E-state index >= 15 is 0 Å². The maximum Gasteiger partial charge on any atom is 0.193 e. The number of aliphatic imine (C=N–C) groups is 1. The van der Waals surface area contributed by atoms with Crippen molar-refractivity contribution in [3.05, 3.63) is 35.4 Å². The lowest BCUT2D eigenvalue weighted by Crippen LogP contribution is -2.49. The largest absolute Gasteiger partial charge is 0.357 e. The Bertz CT molecular complexity index is 573. The van der Waals surface area contributed by atoms with E-state index in [9.17, 15) is 0 Å². The molecule has 0 amide bonds. The second kappa shape index (κ2) is 7.56. The lowest BCUT2D eigenvalue weighted by Gasteiger charge is -2.41. The molecule has 24 heavy (non-hydrogen) atoms. The van der Waals surface area contributed by atoms with E-state index in [0.29, 0.717) is 0 Å². The highest BCUT2D eigenvalue weighted by Crippen LogP contribution is 2.25. The van der Waals surface area contributed by atoms with Crippen molar-refractivity contribution < 1.29 is 0 Å². The van der Waals surface area contributed by atoms with Crippen molar-refractivity contribution >= 4 is 5.96 Å². The molecule has 4 nitrogen and oxygen atoms in total. The molecule has 0 aliphatic carbocycles. The van der Waals surface area contributed by atoms with Crippen LogP contribution in [-0.2, 0) is 13.0 Å². The van der Waals surface area contributed by atoms with Crippen LogP contribution < -0.4 is 5.32 Å². The topological polar surface area (TPSA) is 30.9 Å². The van der Waals surface area contributed by atoms with Crippen LogP contribution in [0.25, 0.3) is 0 Å². The van der Waals surface area contributed by atoms with E-state index < -0.39 is 0 Å². The summed E-state index contributed by atoms with van der Waals surface area (Å²) in [6.45, 7) is 13.0. The molecule has 132 valence electrons. The summed E-state index contributed by atoms with van der Waals surface area (Å²) in [6, 6.07) is 8.86. The van der Waals surface area contributed by atoms with Crippen molar-refractivity contribution in [2.75, 3.05) is 32.7 Å². The van der Waals surface area contributed by atoms with E-state index in [1.807, 2.05) is 0 Å².